The molecule has 158 valence electrons. The minimum atomic E-state index is -0.405. The predicted molar refractivity (Wildman–Crippen MR) is 121 cm³/mol. The van der Waals surface area contributed by atoms with Crippen LogP contribution in [0.3, 0.4) is 0 Å². The lowest BCUT2D eigenvalue weighted by Crippen LogP contribution is -2.38. The largest absolute Gasteiger partial charge is 0.387 e. The molecule has 2 N–H and O–H groups in total. The van der Waals surface area contributed by atoms with Crippen molar-refractivity contribution in [3.05, 3.63) is 35.9 Å². The van der Waals surface area contributed by atoms with E-state index >= 15 is 0 Å². The van der Waals surface area contributed by atoms with Crippen LogP contribution in [0.1, 0.15) is 76.4 Å². The minimum absolute atomic E-state index is 0. The molecular formula is C22H40Cl2N2O. The molecule has 1 aliphatic rings. The number of aliphatic hydroxyl groups excluding tert-OH is 1. The van der Waals surface area contributed by atoms with Crippen molar-refractivity contribution in [2.75, 3.05) is 26.2 Å². The molecular weight excluding hydrogens is 379 g/mol. The highest BCUT2D eigenvalue weighted by atomic mass is 35.5. The SMILES string of the molecule is CCCCCCC(NCCCN1CCCCC1)C(O)c1ccccc1.Cl.Cl. The molecule has 3 nitrogen and oxygen atoms in total. The van der Waals surface area contributed by atoms with Crippen molar-refractivity contribution in [1.82, 2.24) is 10.2 Å². The molecule has 0 amide bonds. The second kappa shape index (κ2) is 16.6. The van der Waals surface area contributed by atoms with E-state index in [9.17, 15) is 5.11 Å². The Hall–Kier alpha value is -0.320. The van der Waals surface area contributed by atoms with Gasteiger partial charge >= 0.3 is 0 Å². The zero-order valence-electron chi connectivity index (χ0n) is 16.9. The number of rotatable bonds is 12. The second-order valence-corrected chi connectivity index (χ2v) is 7.52. The third-order valence-electron chi connectivity index (χ3n) is 5.40. The Balaban J connectivity index is 0.00000338. The maximum Gasteiger partial charge on any atom is 0.0942 e. The van der Waals surface area contributed by atoms with Crippen molar-refractivity contribution in [3.8, 4) is 0 Å². The number of hydrogen-bond donors (Lipinski definition) is 2. The van der Waals surface area contributed by atoms with E-state index < -0.39 is 6.10 Å². The Kier molecular flexibility index (Phi) is 16.4. The summed E-state index contributed by atoms with van der Waals surface area (Å²) < 4.78 is 0. The molecule has 0 aromatic heterocycles. The lowest BCUT2D eigenvalue weighted by atomic mass is 9.97. The van der Waals surface area contributed by atoms with Gasteiger partial charge in [0.05, 0.1) is 6.10 Å². The number of aliphatic hydroxyl groups is 1. The quantitative estimate of drug-likeness (QED) is 0.447. The van der Waals surface area contributed by atoms with Crippen LogP contribution in [-0.2, 0) is 0 Å². The van der Waals surface area contributed by atoms with Gasteiger partial charge in [-0.3, -0.25) is 0 Å². The summed E-state index contributed by atoms with van der Waals surface area (Å²) in [5.41, 5.74) is 1.03. The molecule has 2 rings (SSSR count). The Bertz CT molecular complexity index is 441. The molecule has 1 heterocycles. The van der Waals surface area contributed by atoms with Crippen molar-refractivity contribution in [1.29, 1.82) is 0 Å². The lowest BCUT2D eigenvalue weighted by molar-refractivity contribution is 0.120. The van der Waals surface area contributed by atoms with Gasteiger partial charge in [0, 0.05) is 6.04 Å². The normalized spacial score (nSPS) is 16.8. The zero-order chi connectivity index (χ0) is 17.7. The van der Waals surface area contributed by atoms with E-state index in [1.807, 2.05) is 30.3 Å². The van der Waals surface area contributed by atoms with E-state index in [1.165, 1.54) is 71.0 Å². The van der Waals surface area contributed by atoms with Gasteiger partial charge in [-0.2, -0.15) is 0 Å². The molecule has 1 aromatic carbocycles. The van der Waals surface area contributed by atoms with Gasteiger partial charge in [-0.1, -0.05) is 69.4 Å². The van der Waals surface area contributed by atoms with Crippen LogP contribution < -0.4 is 5.32 Å². The fraction of sp³-hybridized carbons (Fsp3) is 0.727. The molecule has 0 spiro atoms. The van der Waals surface area contributed by atoms with E-state index in [0.29, 0.717) is 0 Å². The van der Waals surface area contributed by atoms with Crippen molar-refractivity contribution >= 4 is 24.8 Å². The molecule has 2 unspecified atom stereocenters. The monoisotopic (exact) mass is 418 g/mol. The fourth-order valence-corrected chi connectivity index (χ4v) is 3.82. The Morgan fingerprint density at radius 1 is 0.963 bits per heavy atom. The van der Waals surface area contributed by atoms with Gasteiger partial charge in [-0.25, -0.2) is 0 Å². The van der Waals surface area contributed by atoms with Crippen molar-refractivity contribution in [3.63, 3.8) is 0 Å². The third-order valence-corrected chi connectivity index (χ3v) is 5.40. The Labute approximate surface area is 179 Å². The number of likely N-dealkylation sites (tertiary alicyclic amines) is 1. The third kappa shape index (κ3) is 10.7. The molecule has 1 fully saturated rings. The van der Waals surface area contributed by atoms with Gasteiger partial charge in [-0.05, 0) is 57.4 Å². The molecule has 27 heavy (non-hydrogen) atoms. The van der Waals surface area contributed by atoms with Gasteiger partial charge < -0.3 is 15.3 Å². The topological polar surface area (TPSA) is 35.5 Å². The van der Waals surface area contributed by atoms with Gasteiger partial charge in [0.15, 0.2) is 0 Å². The van der Waals surface area contributed by atoms with E-state index in [2.05, 4.69) is 17.1 Å². The number of nitrogens with one attached hydrogen (secondary N) is 1. The smallest absolute Gasteiger partial charge is 0.0942 e. The molecule has 0 aliphatic carbocycles. The fourth-order valence-electron chi connectivity index (χ4n) is 3.82. The summed E-state index contributed by atoms with van der Waals surface area (Å²) in [6.45, 7) is 6.98. The van der Waals surface area contributed by atoms with E-state index in [-0.39, 0.29) is 30.9 Å². The molecule has 1 saturated heterocycles. The van der Waals surface area contributed by atoms with E-state index in [4.69, 9.17) is 0 Å². The molecule has 5 heteroatoms. The van der Waals surface area contributed by atoms with Gasteiger partial charge in [0.25, 0.3) is 0 Å². The first kappa shape index (κ1) is 26.7. The summed E-state index contributed by atoms with van der Waals surface area (Å²) in [6.07, 6.45) is 11.0. The number of hydrogen-bond acceptors (Lipinski definition) is 3. The minimum Gasteiger partial charge on any atom is -0.387 e. The summed E-state index contributed by atoms with van der Waals surface area (Å²) in [4.78, 5) is 2.59. The molecule has 0 bridgehead atoms. The van der Waals surface area contributed by atoms with Gasteiger partial charge in [0.2, 0.25) is 0 Å². The standard InChI is InChI=1S/C22H38N2O.2ClH/c1-2-3-4-9-15-21(22(25)20-13-7-5-8-14-20)23-16-12-19-24-17-10-6-11-18-24;;/h5,7-8,13-14,21-23,25H,2-4,6,9-12,15-19H2,1H3;2*1H. The first-order valence-electron chi connectivity index (χ1n) is 10.5. The summed E-state index contributed by atoms with van der Waals surface area (Å²) in [5.74, 6) is 0. The van der Waals surface area contributed by atoms with Crippen molar-refractivity contribution in [2.45, 2.75) is 76.9 Å². The number of nitrogens with zero attached hydrogens (tertiary/aromatic N) is 1. The summed E-state index contributed by atoms with van der Waals surface area (Å²) in [5, 5.41) is 14.5. The van der Waals surface area contributed by atoms with Crippen LogP contribution in [-0.4, -0.2) is 42.2 Å². The van der Waals surface area contributed by atoms with Crippen molar-refractivity contribution < 1.29 is 5.11 Å². The first-order valence-corrected chi connectivity index (χ1v) is 10.5. The zero-order valence-corrected chi connectivity index (χ0v) is 18.6. The molecule has 0 radical (unpaired) electrons. The predicted octanol–water partition coefficient (Wildman–Crippen LogP) is 5.37. The van der Waals surface area contributed by atoms with Crippen LogP contribution in [0, 0.1) is 0 Å². The molecule has 1 aliphatic heterocycles. The van der Waals surface area contributed by atoms with Gasteiger partial charge in [0.1, 0.15) is 0 Å². The van der Waals surface area contributed by atoms with Crippen LogP contribution in [0.5, 0.6) is 0 Å². The summed E-state index contributed by atoms with van der Waals surface area (Å²) >= 11 is 0. The summed E-state index contributed by atoms with van der Waals surface area (Å²) in [7, 11) is 0. The lowest BCUT2D eigenvalue weighted by Gasteiger charge is -2.28. The Morgan fingerprint density at radius 3 is 2.33 bits per heavy atom. The highest BCUT2D eigenvalue weighted by Crippen LogP contribution is 2.21. The number of halogens is 2. The number of unbranched alkanes of at least 4 members (excludes halogenated alkanes) is 3. The highest BCUT2D eigenvalue weighted by molar-refractivity contribution is 5.85. The van der Waals surface area contributed by atoms with Crippen LogP contribution >= 0.6 is 24.8 Å². The number of piperidine rings is 1. The Morgan fingerprint density at radius 2 is 1.67 bits per heavy atom. The van der Waals surface area contributed by atoms with Crippen LogP contribution in [0.4, 0.5) is 0 Å². The highest BCUT2D eigenvalue weighted by Gasteiger charge is 2.20. The van der Waals surface area contributed by atoms with Crippen LogP contribution in [0.15, 0.2) is 30.3 Å². The van der Waals surface area contributed by atoms with Crippen LogP contribution in [0.2, 0.25) is 0 Å². The maximum absolute atomic E-state index is 10.8. The summed E-state index contributed by atoms with van der Waals surface area (Å²) in [6, 6.07) is 10.3. The van der Waals surface area contributed by atoms with Gasteiger partial charge in [-0.15, -0.1) is 24.8 Å². The average molecular weight is 419 g/mol. The molecule has 2 atom stereocenters. The first-order chi connectivity index (χ1) is 12.3. The van der Waals surface area contributed by atoms with E-state index in [1.54, 1.807) is 0 Å². The second-order valence-electron chi connectivity index (χ2n) is 7.52. The number of benzene rings is 1. The molecule has 1 aromatic rings. The van der Waals surface area contributed by atoms with E-state index in [0.717, 1.165) is 18.5 Å². The van der Waals surface area contributed by atoms with Crippen LogP contribution in [0.25, 0.3) is 0 Å². The average Bonchev–Trinajstić information content (AvgIpc) is 2.67. The molecule has 0 saturated carbocycles. The maximum atomic E-state index is 10.8. The van der Waals surface area contributed by atoms with Crippen molar-refractivity contribution in [2.24, 2.45) is 0 Å².